The van der Waals surface area contributed by atoms with E-state index >= 15 is 0 Å². The van der Waals surface area contributed by atoms with Gasteiger partial charge < -0.3 is 19.5 Å². The van der Waals surface area contributed by atoms with Crippen LogP contribution in [-0.4, -0.2) is 52.8 Å². The van der Waals surface area contributed by atoms with Gasteiger partial charge in [-0.1, -0.05) is 0 Å². The molecule has 0 spiro atoms. The number of thioether (sulfide) groups is 1. The standard InChI is InChI=1S/C14H15NO5S/c16-13(17)6-10-7-21-4-3-15(10)14(18)9-1-2-11-12(5-9)20-8-19-11/h1-2,5,10H,3-4,6-8H2,(H,16,17). The van der Waals surface area contributed by atoms with Crippen molar-refractivity contribution in [1.29, 1.82) is 0 Å². The lowest BCUT2D eigenvalue weighted by Crippen LogP contribution is -2.47. The van der Waals surface area contributed by atoms with Crippen LogP contribution in [0.4, 0.5) is 0 Å². The minimum Gasteiger partial charge on any atom is -0.481 e. The molecule has 0 aromatic heterocycles. The molecule has 0 radical (unpaired) electrons. The van der Waals surface area contributed by atoms with Gasteiger partial charge in [-0.05, 0) is 18.2 Å². The molecule has 1 aromatic rings. The molecule has 2 aliphatic rings. The topological polar surface area (TPSA) is 76.1 Å². The number of carboxylic acids is 1. The predicted octanol–water partition coefficient (Wildman–Crippen LogP) is 1.45. The van der Waals surface area contributed by atoms with Crippen LogP contribution >= 0.6 is 11.8 Å². The molecule has 1 aromatic carbocycles. The first-order chi connectivity index (χ1) is 10.1. The van der Waals surface area contributed by atoms with Crippen molar-refractivity contribution < 1.29 is 24.2 Å². The van der Waals surface area contributed by atoms with Crippen molar-refractivity contribution in [3.05, 3.63) is 23.8 Å². The number of carboxylic acid groups (broad SMARTS) is 1. The summed E-state index contributed by atoms with van der Waals surface area (Å²) >= 11 is 1.68. The Hall–Kier alpha value is -1.89. The number of aliphatic carboxylic acids is 1. The van der Waals surface area contributed by atoms with Gasteiger partial charge in [0.25, 0.3) is 5.91 Å². The van der Waals surface area contributed by atoms with E-state index in [1.165, 1.54) is 0 Å². The van der Waals surface area contributed by atoms with E-state index in [1.807, 2.05) is 0 Å². The van der Waals surface area contributed by atoms with Crippen LogP contribution in [0.2, 0.25) is 0 Å². The summed E-state index contributed by atoms with van der Waals surface area (Å²) in [4.78, 5) is 25.2. The summed E-state index contributed by atoms with van der Waals surface area (Å²) in [6, 6.07) is 4.79. The van der Waals surface area contributed by atoms with E-state index < -0.39 is 5.97 Å². The molecule has 2 heterocycles. The zero-order valence-electron chi connectivity index (χ0n) is 11.3. The second-order valence-corrected chi connectivity index (χ2v) is 6.04. The first kappa shape index (κ1) is 14.1. The van der Waals surface area contributed by atoms with E-state index in [1.54, 1.807) is 34.9 Å². The Morgan fingerprint density at radius 1 is 1.33 bits per heavy atom. The lowest BCUT2D eigenvalue weighted by Gasteiger charge is -2.34. The Balaban J connectivity index is 1.80. The average Bonchev–Trinajstić information content (AvgIpc) is 2.94. The van der Waals surface area contributed by atoms with Crippen molar-refractivity contribution in [1.82, 2.24) is 4.90 Å². The first-order valence-electron chi connectivity index (χ1n) is 6.65. The van der Waals surface area contributed by atoms with Crippen LogP contribution in [0, 0.1) is 0 Å². The van der Waals surface area contributed by atoms with Gasteiger partial charge in [-0.15, -0.1) is 0 Å². The van der Waals surface area contributed by atoms with Crippen LogP contribution in [0.5, 0.6) is 11.5 Å². The number of benzene rings is 1. The molecule has 2 aliphatic heterocycles. The fraction of sp³-hybridized carbons (Fsp3) is 0.429. The smallest absolute Gasteiger partial charge is 0.305 e. The highest BCUT2D eigenvalue weighted by atomic mass is 32.2. The highest BCUT2D eigenvalue weighted by Crippen LogP contribution is 2.33. The van der Waals surface area contributed by atoms with Crippen molar-refractivity contribution >= 4 is 23.6 Å². The summed E-state index contributed by atoms with van der Waals surface area (Å²) in [6.07, 6.45) is -0.0245. The minimum absolute atomic E-state index is 0.0245. The maximum atomic E-state index is 12.6. The molecule has 1 N–H and O–H groups in total. The predicted molar refractivity (Wildman–Crippen MR) is 77.0 cm³/mol. The fourth-order valence-electron chi connectivity index (χ4n) is 2.49. The summed E-state index contributed by atoms with van der Waals surface area (Å²) in [5.74, 6) is 1.63. The quantitative estimate of drug-likeness (QED) is 0.910. The minimum atomic E-state index is -0.883. The van der Waals surface area contributed by atoms with Crippen molar-refractivity contribution in [2.24, 2.45) is 0 Å². The zero-order valence-corrected chi connectivity index (χ0v) is 12.1. The lowest BCUT2D eigenvalue weighted by atomic mass is 10.1. The van der Waals surface area contributed by atoms with Crippen LogP contribution in [0.1, 0.15) is 16.8 Å². The molecule has 6 nitrogen and oxygen atoms in total. The highest BCUT2D eigenvalue weighted by Gasteiger charge is 2.30. The summed E-state index contributed by atoms with van der Waals surface area (Å²) in [7, 11) is 0. The zero-order chi connectivity index (χ0) is 14.8. The molecule has 1 atom stereocenters. The highest BCUT2D eigenvalue weighted by molar-refractivity contribution is 7.99. The van der Waals surface area contributed by atoms with Gasteiger partial charge >= 0.3 is 5.97 Å². The molecule has 1 fully saturated rings. The van der Waals surface area contributed by atoms with Crippen LogP contribution in [0.3, 0.4) is 0 Å². The van der Waals surface area contributed by atoms with E-state index in [-0.39, 0.29) is 25.2 Å². The Morgan fingerprint density at radius 3 is 2.95 bits per heavy atom. The summed E-state index contributed by atoms with van der Waals surface area (Å²) in [5, 5.41) is 8.98. The molecule has 112 valence electrons. The molecule has 1 unspecified atom stereocenters. The molecular weight excluding hydrogens is 294 g/mol. The van der Waals surface area contributed by atoms with Gasteiger partial charge in [0.1, 0.15) is 0 Å². The number of fused-ring (bicyclic) bond motifs is 1. The number of amides is 1. The van der Waals surface area contributed by atoms with Gasteiger partial charge in [0, 0.05) is 23.6 Å². The molecule has 3 rings (SSSR count). The number of hydrogen-bond acceptors (Lipinski definition) is 5. The molecule has 21 heavy (non-hydrogen) atoms. The number of nitrogens with zero attached hydrogens (tertiary/aromatic N) is 1. The monoisotopic (exact) mass is 309 g/mol. The first-order valence-corrected chi connectivity index (χ1v) is 7.81. The average molecular weight is 309 g/mol. The molecule has 7 heteroatoms. The van der Waals surface area contributed by atoms with Gasteiger partial charge in [-0.25, -0.2) is 0 Å². The van der Waals surface area contributed by atoms with Crippen molar-refractivity contribution in [2.75, 3.05) is 24.8 Å². The molecule has 0 aliphatic carbocycles. The molecular formula is C14H15NO5S. The third-order valence-corrected chi connectivity index (χ3v) is 4.61. The summed E-state index contributed by atoms with van der Waals surface area (Å²) in [5.41, 5.74) is 0.501. The molecule has 0 bridgehead atoms. The Labute approximate surface area is 126 Å². The van der Waals surface area contributed by atoms with Gasteiger partial charge in [-0.3, -0.25) is 9.59 Å². The van der Waals surface area contributed by atoms with Crippen LogP contribution in [0.25, 0.3) is 0 Å². The lowest BCUT2D eigenvalue weighted by molar-refractivity contribution is -0.138. The van der Waals surface area contributed by atoms with Crippen molar-refractivity contribution in [3.8, 4) is 11.5 Å². The van der Waals surface area contributed by atoms with Crippen LogP contribution in [0.15, 0.2) is 18.2 Å². The van der Waals surface area contributed by atoms with E-state index in [0.717, 1.165) is 5.75 Å². The number of carbonyl (C=O) groups is 2. The third kappa shape index (κ3) is 2.92. The van der Waals surface area contributed by atoms with Crippen LogP contribution in [-0.2, 0) is 4.79 Å². The van der Waals surface area contributed by atoms with E-state index in [9.17, 15) is 9.59 Å². The maximum absolute atomic E-state index is 12.6. The molecule has 1 saturated heterocycles. The summed E-state index contributed by atoms with van der Waals surface area (Å²) < 4.78 is 10.5. The van der Waals surface area contributed by atoms with Gasteiger partial charge in [-0.2, -0.15) is 11.8 Å². The van der Waals surface area contributed by atoms with Gasteiger partial charge in [0.2, 0.25) is 6.79 Å². The van der Waals surface area contributed by atoms with Crippen molar-refractivity contribution in [3.63, 3.8) is 0 Å². The third-order valence-electron chi connectivity index (χ3n) is 3.52. The second-order valence-electron chi connectivity index (χ2n) is 4.89. The van der Waals surface area contributed by atoms with Crippen LogP contribution < -0.4 is 9.47 Å². The van der Waals surface area contributed by atoms with Crippen molar-refractivity contribution in [2.45, 2.75) is 12.5 Å². The van der Waals surface area contributed by atoms with Gasteiger partial charge in [0.15, 0.2) is 11.5 Å². The maximum Gasteiger partial charge on any atom is 0.305 e. The largest absolute Gasteiger partial charge is 0.481 e. The van der Waals surface area contributed by atoms with E-state index in [0.29, 0.717) is 29.4 Å². The SMILES string of the molecule is O=C(O)CC1CSCCN1C(=O)c1ccc2c(c1)OCO2. The van der Waals surface area contributed by atoms with E-state index in [2.05, 4.69) is 0 Å². The Bertz CT molecular complexity index is 576. The summed E-state index contributed by atoms with van der Waals surface area (Å²) in [6.45, 7) is 0.727. The second kappa shape index (κ2) is 5.85. The van der Waals surface area contributed by atoms with E-state index in [4.69, 9.17) is 14.6 Å². The van der Waals surface area contributed by atoms with Gasteiger partial charge in [0.05, 0.1) is 12.5 Å². The normalized spacial score (nSPS) is 20.4. The number of carbonyl (C=O) groups excluding carboxylic acids is 1. The Morgan fingerprint density at radius 2 is 2.14 bits per heavy atom. The fourth-order valence-corrected chi connectivity index (χ4v) is 3.55. The molecule has 0 saturated carbocycles. The number of rotatable bonds is 3. The Kier molecular flexibility index (Phi) is 3.92. The number of hydrogen-bond donors (Lipinski definition) is 1. The molecule has 1 amide bonds. The number of ether oxygens (including phenoxy) is 2.